The highest BCUT2D eigenvalue weighted by atomic mass is 16.7. The lowest BCUT2D eigenvalue weighted by atomic mass is 9.89. The number of carbonyl (C=O) groups excluding carboxylic acids is 1. The summed E-state index contributed by atoms with van der Waals surface area (Å²) in [6.07, 6.45) is -4.46. The Morgan fingerprint density at radius 3 is 2.55 bits per heavy atom. The minimum atomic E-state index is -1.35. The molecule has 29 heavy (non-hydrogen) atoms. The van der Waals surface area contributed by atoms with E-state index in [9.17, 15) is 19.8 Å². The molecule has 1 fully saturated rings. The van der Waals surface area contributed by atoms with E-state index in [1.807, 2.05) is 0 Å². The summed E-state index contributed by atoms with van der Waals surface area (Å²) in [5, 5.41) is 23.8. The lowest BCUT2D eigenvalue weighted by Crippen LogP contribution is -2.63. The average molecular weight is 407 g/mol. The molecule has 1 saturated heterocycles. The van der Waals surface area contributed by atoms with E-state index >= 15 is 0 Å². The lowest BCUT2D eigenvalue weighted by molar-refractivity contribution is -0.306. The van der Waals surface area contributed by atoms with Crippen molar-refractivity contribution >= 4 is 22.6 Å². The molecule has 0 spiro atoms. The second-order valence-corrected chi connectivity index (χ2v) is 7.58. The fourth-order valence-electron chi connectivity index (χ4n) is 3.54. The van der Waals surface area contributed by atoms with E-state index in [-0.39, 0.29) is 17.2 Å². The smallest absolute Gasteiger partial charge is 0.360 e. The molecule has 3 rings (SSSR count). The zero-order chi connectivity index (χ0) is 21.5. The number of hydrogen-bond donors (Lipinski definition) is 3. The molecule has 0 radical (unpaired) electrons. The van der Waals surface area contributed by atoms with Gasteiger partial charge in [0, 0.05) is 25.0 Å². The van der Waals surface area contributed by atoms with E-state index in [1.165, 1.54) is 20.1 Å². The SMILES string of the molecule is CO[C@@H]1[C@H](O)[C@H](O)C(Oc2ccc3cc(NC(C)=O)c(=O)oc3c2C)OC1(C)C. The third kappa shape index (κ3) is 3.99. The fraction of sp³-hybridized carbons (Fsp3) is 0.500. The highest BCUT2D eigenvalue weighted by molar-refractivity contribution is 5.91. The van der Waals surface area contributed by atoms with Crippen LogP contribution in [0.25, 0.3) is 11.0 Å². The van der Waals surface area contributed by atoms with Crippen LogP contribution in [-0.2, 0) is 14.3 Å². The number of hydrogen-bond acceptors (Lipinski definition) is 8. The standard InChI is InChI=1S/C20H25NO8/c1-9-13(27-19-15(24)14(23)17(26-5)20(3,4)29-19)7-6-11-8-12(21-10(2)22)18(25)28-16(9)11/h6-8,14-15,17,19,23-24H,1-5H3,(H,21,22)/t14-,15+,17-,19?/m1/s1. The monoisotopic (exact) mass is 407 g/mol. The maximum absolute atomic E-state index is 12.1. The minimum absolute atomic E-state index is 0.0413. The van der Waals surface area contributed by atoms with Gasteiger partial charge in [0.25, 0.3) is 0 Å². The average Bonchev–Trinajstić information content (AvgIpc) is 2.63. The number of methoxy groups -OCH3 is 1. The Morgan fingerprint density at radius 1 is 1.24 bits per heavy atom. The fourth-order valence-corrected chi connectivity index (χ4v) is 3.54. The van der Waals surface area contributed by atoms with E-state index in [1.54, 1.807) is 32.9 Å². The van der Waals surface area contributed by atoms with Crippen molar-refractivity contribution in [1.29, 1.82) is 0 Å². The van der Waals surface area contributed by atoms with Crippen LogP contribution in [0.15, 0.2) is 27.4 Å². The molecule has 0 saturated carbocycles. The van der Waals surface area contributed by atoms with Gasteiger partial charge in [-0.2, -0.15) is 0 Å². The number of fused-ring (bicyclic) bond motifs is 1. The second kappa shape index (κ2) is 7.75. The molecule has 9 heteroatoms. The molecule has 3 N–H and O–H groups in total. The van der Waals surface area contributed by atoms with E-state index in [4.69, 9.17) is 18.6 Å². The topological polar surface area (TPSA) is 127 Å². The molecule has 1 aromatic carbocycles. The van der Waals surface area contributed by atoms with Crippen molar-refractivity contribution in [2.75, 3.05) is 12.4 Å². The molecule has 1 aliphatic rings. The van der Waals surface area contributed by atoms with Crippen LogP contribution in [0, 0.1) is 6.92 Å². The Kier molecular flexibility index (Phi) is 5.68. The van der Waals surface area contributed by atoms with E-state index < -0.39 is 35.8 Å². The van der Waals surface area contributed by atoms with Gasteiger partial charge in [0.15, 0.2) is 0 Å². The lowest BCUT2D eigenvalue weighted by Gasteiger charge is -2.46. The van der Waals surface area contributed by atoms with Crippen LogP contribution in [0.3, 0.4) is 0 Å². The Labute approximate surface area is 167 Å². The zero-order valence-corrected chi connectivity index (χ0v) is 16.9. The van der Waals surface area contributed by atoms with Gasteiger partial charge in [-0.05, 0) is 39.0 Å². The third-order valence-corrected chi connectivity index (χ3v) is 4.95. The molecule has 0 bridgehead atoms. The molecule has 1 aliphatic heterocycles. The number of aliphatic hydroxyl groups excluding tert-OH is 2. The molecule has 2 heterocycles. The maximum atomic E-state index is 12.1. The van der Waals surface area contributed by atoms with E-state index in [0.29, 0.717) is 16.7 Å². The minimum Gasteiger partial charge on any atom is -0.462 e. The third-order valence-electron chi connectivity index (χ3n) is 4.95. The quantitative estimate of drug-likeness (QED) is 0.648. The summed E-state index contributed by atoms with van der Waals surface area (Å²) in [4.78, 5) is 23.4. The van der Waals surface area contributed by atoms with Crippen LogP contribution in [0.4, 0.5) is 5.69 Å². The van der Waals surface area contributed by atoms with Crippen LogP contribution < -0.4 is 15.7 Å². The molecule has 1 amide bonds. The number of rotatable bonds is 4. The summed E-state index contributed by atoms with van der Waals surface area (Å²) in [7, 11) is 1.43. The Morgan fingerprint density at radius 2 is 1.93 bits per heavy atom. The first-order chi connectivity index (χ1) is 13.5. The number of anilines is 1. The summed E-state index contributed by atoms with van der Waals surface area (Å²) in [6.45, 7) is 6.43. The first kappa shape index (κ1) is 21.3. The van der Waals surface area contributed by atoms with Crippen molar-refractivity contribution in [3.8, 4) is 5.75 Å². The first-order valence-electron chi connectivity index (χ1n) is 9.13. The number of carbonyl (C=O) groups is 1. The highest BCUT2D eigenvalue weighted by Crippen LogP contribution is 2.34. The summed E-state index contributed by atoms with van der Waals surface area (Å²) < 4.78 is 22.2. The van der Waals surface area contributed by atoms with Crippen LogP contribution in [0.5, 0.6) is 5.75 Å². The summed E-state index contributed by atoms with van der Waals surface area (Å²) in [5.41, 5.74) is -0.781. The van der Waals surface area contributed by atoms with Crippen molar-refractivity contribution in [1.82, 2.24) is 0 Å². The zero-order valence-electron chi connectivity index (χ0n) is 16.9. The number of nitrogens with one attached hydrogen (secondary N) is 1. The molecule has 1 unspecified atom stereocenters. The van der Waals surface area contributed by atoms with Gasteiger partial charge < -0.3 is 34.2 Å². The van der Waals surface area contributed by atoms with Gasteiger partial charge in [0.2, 0.25) is 12.2 Å². The molecule has 0 aliphatic carbocycles. The van der Waals surface area contributed by atoms with Gasteiger partial charge in [-0.25, -0.2) is 4.79 Å². The molecule has 158 valence electrons. The Hall–Kier alpha value is -2.46. The number of amides is 1. The summed E-state index contributed by atoms with van der Waals surface area (Å²) in [5.74, 6) is -0.0665. The number of aliphatic hydroxyl groups is 2. The molecule has 2 aromatic rings. The van der Waals surface area contributed by atoms with Crippen molar-refractivity contribution in [2.45, 2.75) is 57.9 Å². The highest BCUT2D eigenvalue weighted by Gasteiger charge is 2.50. The van der Waals surface area contributed by atoms with Gasteiger partial charge in [0.1, 0.15) is 35.3 Å². The summed E-state index contributed by atoms with van der Waals surface area (Å²) >= 11 is 0. The van der Waals surface area contributed by atoms with E-state index in [0.717, 1.165) is 0 Å². The molecular formula is C20H25NO8. The predicted molar refractivity (Wildman–Crippen MR) is 104 cm³/mol. The van der Waals surface area contributed by atoms with Crippen LogP contribution >= 0.6 is 0 Å². The summed E-state index contributed by atoms with van der Waals surface area (Å²) in [6, 6.07) is 4.80. The van der Waals surface area contributed by atoms with Gasteiger partial charge in [-0.3, -0.25) is 4.79 Å². The molecule has 4 atom stereocenters. The van der Waals surface area contributed by atoms with Gasteiger partial charge in [-0.1, -0.05) is 0 Å². The van der Waals surface area contributed by atoms with Gasteiger partial charge in [0.05, 0.1) is 5.60 Å². The van der Waals surface area contributed by atoms with Crippen LogP contribution in [0.2, 0.25) is 0 Å². The van der Waals surface area contributed by atoms with Crippen molar-refractivity contribution in [3.63, 3.8) is 0 Å². The Balaban J connectivity index is 1.93. The van der Waals surface area contributed by atoms with Crippen molar-refractivity contribution in [2.24, 2.45) is 0 Å². The maximum Gasteiger partial charge on any atom is 0.360 e. The number of aryl methyl sites for hydroxylation is 1. The van der Waals surface area contributed by atoms with Gasteiger partial charge in [-0.15, -0.1) is 0 Å². The number of ether oxygens (including phenoxy) is 3. The predicted octanol–water partition coefficient (Wildman–Crippen LogP) is 1.31. The first-order valence-corrected chi connectivity index (χ1v) is 9.13. The van der Waals surface area contributed by atoms with Crippen LogP contribution in [0.1, 0.15) is 26.3 Å². The van der Waals surface area contributed by atoms with Crippen molar-refractivity contribution in [3.05, 3.63) is 34.2 Å². The second-order valence-electron chi connectivity index (χ2n) is 7.58. The van der Waals surface area contributed by atoms with E-state index in [2.05, 4.69) is 5.32 Å². The molecular weight excluding hydrogens is 382 g/mol. The Bertz CT molecular complexity index is 982. The van der Waals surface area contributed by atoms with Crippen molar-refractivity contribution < 1.29 is 33.6 Å². The normalized spacial score (nSPS) is 26.3. The number of benzene rings is 1. The van der Waals surface area contributed by atoms with Crippen LogP contribution in [-0.4, -0.2) is 53.4 Å². The largest absolute Gasteiger partial charge is 0.462 e. The molecule has 9 nitrogen and oxygen atoms in total. The van der Waals surface area contributed by atoms with Gasteiger partial charge >= 0.3 is 5.63 Å². The molecule has 1 aromatic heterocycles.